The van der Waals surface area contributed by atoms with E-state index in [4.69, 9.17) is 49.5 Å². The number of anilines is 1. The van der Waals surface area contributed by atoms with Crippen molar-refractivity contribution in [2.24, 2.45) is 17.8 Å². The van der Waals surface area contributed by atoms with Crippen LogP contribution in [0, 0.1) is 17.8 Å². The number of epoxide rings is 1. The van der Waals surface area contributed by atoms with Gasteiger partial charge in [0.2, 0.25) is 35.4 Å². The lowest BCUT2D eigenvalue weighted by molar-refractivity contribution is -0.162. The molecule has 6 N–H and O–H groups in total. The number of rotatable bonds is 29. The number of imide groups is 1. The molecule has 0 aromatic heterocycles. The Kier molecular flexibility index (Phi) is 27.2. The van der Waals surface area contributed by atoms with Crippen molar-refractivity contribution in [2.45, 2.75) is 176 Å². The van der Waals surface area contributed by atoms with Gasteiger partial charge in [0.15, 0.2) is 5.72 Å². The van der Waals surface area contributed by atoms with Crippen molar-refractivity contribution in [3.8, 4) is 5.75 Å². The van der Waals surface area contributed by atoms with Gasteiger partial charge in [-0.3, -0.25) is 39.0 Å². The van der Waals surface area contributed by atoms with E-state index in [0.29, 0.717) is 108 Å². The molecule has 29 heteroatoms. The number of aliphatic hydroxyl groups is 1. The van der Waals surface area contributed by atoms with Crippen LogP contribution >= 0.6 is 35.1 Å². The van der Waals surface area contributed by atoms with Gasteiger partial charge in [0.25, 0.3) is 0 Å². The maximum Gasteiger partial charge on any atom is 0.409 e. The second kappa shape index (κ2) is 34.5. The maximum absolute atomic E-state index is 14.4. The highest BCUT2D eigenvalue weighted by Crippen LogP contribution is 2.49. The molecule has 4 bridgehead atoms. The number of hydrogen-bond donors (Lipinski definition) is 6. The number of ether oxygens (including phenoxy) is 8. The van der Waals surface area contributed by atoms with E-state index >= 15 is 0 Å². The molecular formula is C65H95ClN8O18S2. The van der Waals surface area contributed by atoms with Crippen LogP contribution < -0.4 is 36.2 Å². The molecule has 94 heavy (non-hydrogen) atoms. The number of likely N-dealkylation sites (tertiary alicyclic amines) is 1. The maximum atomic E-state index is 14.4. The molecule has 1 saturated carbocycles. The van der Waals surface area contributed by atoms with Crippen molar-refractivity contribution in [1.29, 1.82) is 0 Å². The highest BCUT2D eigenvalue weighted by Gasteiger charge is 2.64. The van der Waals surface area contributed by atoms with Crippen molar-refractivity contribution in [1.82, 2.24) is 36.4 Å². The molecule has 12 atom stereocenters. The van der Waals surface area contributed by atoms with Crippen molar-refractivity contribution >= 4 is 94.3 Å². The Hall–Kier alpha value is -5.72. The smallest absolute Gasteiger partial charge is 0.409 e. The Morgan fingerprint density at radius 1 is 0.936 bits per heavy atom. The fourth-order valence-electron chi connectivity index (χ4n) is 13.1. The first-order chi connectivity index (χ1) is 44.9. The fourth-order valence-corrected chi connectivity index (χ4v) is 16.0. The summed E-state index contributed by atoms with van der Waals surface area (Å²) in [6.45, 7) is 10.1. The Morgan fingerprint density at radius 2 is 1.64 bits per heavy atom. The number of thioether (sulfide) groups is 2. The molecule has 7 aliphatic rings. The number of benzene rings is 1. The third kappa shape index (κ3) is 19.5. The lowest BCUT2D eigenvalue weighted by atomic mass is 9.81. The zero-order valence-electron chi connectivity index (χ0n) is 55.2. The van der Waals surface area contributed by atoms with Crippen LogP contribution in [0.15, 0.2) is 35.9 Å². The topological polar surface area (TPSA) is 321 Å². The number of alkyl carbamates (subject to hydrolysis) is 1. The number of esters is 1. The minimum Gasteiger partial charge on any atom is -0.495 e. The van der Waals surface area contributed by atoms with Crippen LogP contribution in [-0.2, 0) is 73.1 Å². The summed E-state index contributed by atoms with van der Waals surface area (Å²) in [5.41, 5.74) is -1.21. The van der Waals surface area contributed by atoms with Gasteiger partial charge in [0.1, 0.15) is 40.7 Å². The second-order valence-electron chi connectivity index (χ2n) is 25.6. The molecule has 6 heterocycles. The van der Waals surface area contributed by atoms with Crippen LogP contribution in [0.1, 0.15) is 110 Å². The molecule has 1 aromatic carbocycles. The minimum atomic E-state index is -1.89. The molecule has 26 nitrogen and oxygen atoms in total. The zero-order chi connectivity index (χ0) is 67.9. The fraction of sp³-hybridized carbons (Fsp3) is 0.708. The molecule has 5 saturated heterocycles. The van der Waals surface area contributed by atoms with E-state index in [9.17, 15) is 48.3 Å². The SMILES string of the molecule is COc1cc2cc(c1Cl)N(C)C(=O)C[C@H](OC(=O)[C@@H](C)N(C)C(=O)CCSC1CC(=O)N(CC3CCC(C(=O)NCCOCCOCCOCCNC(=O)CCCC[C@@H]4SC[C@@H]5NC(=O)N[C@@H]54)CC3)C1=O)[C@@]1(C)O[C@H]1[C@H](C)C1C[C@@](O)(NC(=O)O1)[C@H](OC)C=CC=C(C)C2. The second-order valence-corrected chi connectivity index (χ2v) is 28.6. The zero-order valence-corrected chi connectivity index (χ0v) is 57.6. The number of likely N-dealkylation sites (N-methyl/N-ethyl adjacent to an activating group) is 1. The quantitative estimate of drug-likeness (QED) is 0.0210. The number of nitrogens with one attached hydrogen (secondary N) is 5. The summed E-state index contributed by atoms with van der Waals surface area (Å²) in [5, 5.41) is 26.1. The van der Waals surface area contributed by atoms with Crippen molar-refractivity contribution in [2.75, 3.05) is 104 Å². The predicted octanol–water partition coefficient (Wildman–Crippen LogP) is 4.58. The number of unbranched alkanes of at least 4 members (excludes halogenated alkanes) is 1. The number of halogens is 1. The first-order valence-corrected chi connectivity index (χ1v) is 35.2. The van der Waals surface area contributed by atoms with E-state index in [0.717, 1.165) is 36.2 Å². The Morgan fingerprint density at radius 3 is 2.34 bits per heavy atom. The minimum absolute atomic E-state index is 0.00182. The van der Waals surface area contributed by atoms with Crippen molar-refractivity contribution in [3.63, 3.8) is 0 Å². The molecule has 1 aliphatic carbocycles. The lowest BCUT2D eigenvalue weighted by Gasteiger charge is -2.42. The normalized spacial score (nSPS) is 29.7. The molecular weight excluding hydrogens is 1280 g/mol. The van der Waals surface area contributed by atoms with Crippen LogP contribution in [0.4, 0.5) is 15.3 Å². The first-order valence-electron chi connectivity index (χ1n) is 32.7. The average Bonchev–Trinajstić information content (AvgIpc) is 1.57. The highest BCUT2D eigenvalue weighted by atomic mass is 35.5. The first kappa shape index (κ1) is 74.1. The van der Waals surface area contributed by atoms with Gasteiger partial charge in [-0.15, -0.1) is 11.8 Å². The van der Waals surface area contributed by atoms with Gasteiger partial charge in [-0.1, -0.05) is 48.7 Å². The van der Waals surface area contributed by atoms with E-state index < -0.39 is 83.2 Å². The Bertz CT molecular complexity index is 2940. The molecule has 0 spiro atoms. The number of nitrogens with zero attached hydrogens (tertiary/aromatic N) is 3. The van der Waals surface area contributed by atoms with Gasteiger partial charge in [-0.2, -0.15) is 11.8 Å². The predicted molar refractivity (Wildman–Crippen MR) is 351 cm³/mol. The summed E-state index contributed by atoms with van der Waals surface area (Å²) in [7, 11) is 5.88. The standard InChI is InChI=1S/C65H95ClN8O18S2/c1-38-12-11-14-50(86-8)65(84)35-47(90-63(83)71-65)39(2)58-64(4,92-58)51(34-54(77)73(6)45-31-42(30-38)32-46(85-7)56(45)66)91-61(81)40(3)72(5)53(76)20-29-93-49-33-55(78)74(60(49)80)36-41-16-18-43(19-17-41)59(79)68-22-24-88-26-28-89-27-25-87-23-21-67-52(75)15-10-9-13-48-57-44(37-94-48)69-62(82)70-57/h11-12,14,31-32,39-41,43-44,47-51,57-58,84H,9-10,13,15-30,33-37H2,1-8H3,(H,67,75)(H,68,79)(H,71,83)(H2,69,70,82)/t39-,40-,41?,43?,44+,47?,48+,49?,50-,51+,57+,58+,64-,65+/m1/s1. The van der Waals surface area contributed by atoms with Gasteiger partial charge >= 0.3 is 18.1 Å². The van der Waals surface area contributed by atoms with E-state index in [1.807, 2.05) is 24.8 Å². The van der Waals surface area contributed by atoms with Crippen LogP contribution in [0.25, 0.3) is 0 Å². The van der Waals surface area contributed by atoms with E-state index in [1.54, 1.807) is 45.2 Å². The summed E-state index contributed by atoms with van der Waals surface area (Å²) in [6, 6.07) is 2.69. The summed E-state index contributed by atoms with van der Waals surface area (Å²) in [5.74, 6) is -1.71. The Labute approximate surface area is 563 Å². The number of urea groups is 1. The third-order valence-corrected chi connectivity index (χ3v) is 22.1. The number of methoxy groups -OCH3 is 2. The largest absolute Gasteiger partial charge is 0.495 e. The van der Waals surface area contributed by atoms with Crippen LogP contribution in [-0.4, -0.2) is 232 Å². The number of fused-ring (bicyclic) bond motifs is 6. The van der Waals surface area contributed by atoms with Crippen LogP contribution in [0.5, 0.6) is 5.75 Å². The van der Waals surface area contributed by atoms with E-state index in [1.165, 1.54) is 54.7 Å². The number of amides is 9. The number of carbonyl (C=O) groups is 9. The number of hydrogen-bond acceptors (Lipinski definition) is 20. The lowest BCUT2D eigenvalue weighted by Crippen LogP contribution is -2.63. The molecule has 9 amide bonds. The third-order valence-electron chi connectivity index (χ3n) is 19.0. The van der Waals surface area contributed by atoms with Gasteiger partial charge in [0, 0.05) is 95.1 Å². The molecule has 6 aliphatic heterocycles. The van der Waals surface area contributed by atoms with Gasteiger partial charge < -0.3 is 74.1 Å². The molecule has 522 valence electrons. The van der Waals surface area contributed by atoms with Crippen molar-refractivity contribution in [3.05, 3.63) is 46.5 Å². The molecule has 2 unspecified atom stereocenters. The Balaban J connectivity index is 0.713. The van der Waals surface area contributed by atoms with E-state index in [-0.39, 0.29) is 90.2 Å². The summed E-state index contributed by atoms with van der Waals surface area (Å²) < 4.78 is 46.3. The molecule has 0 radical (unpaired) electrons. The highest BCUT2D eigenvalue weighted by molar-refractivity contribution is 8.00. The average molecular weight is 1380 g/mol. The van der Waals surface area contributed by atoms with Crippen LogP contribution in [0.2, 0.25) is 5.02 Å². The molecule has 6 fully saturated rings. The van der Waals surface area contributed by atoms with E-state index in [2.05, 4.69) is 26.6 Å². The number of carbonyl (C=O) groups excluding carboxylic acids is 9. The number of allylic oxidation sites excluding steroid dienone is 3. The van der Waals surface area contributed by atoms with Gasteiger partial charge in [-0.25, -0.2) is 14.4 Å². The van der Waals surface area contributed by atoms with Crippen LogP contribution in [0.3, 0.4) is 0 Å². The summed E-state index contributed by atoms with van der Waals surface area (Å²) in [6.07, 6.45) is 6.02. The van der Waals surface area contributed by atoms with Gasteiger partial charge in [0.05, 0.1) is 82.3 Å². The molecule has 8 rings (SSSR count). The monoisotopic (exact) mass is 1370 g/mol. The van der Waals surface area contributed by atoms with Gasteiger partial charge in [-0.05, 0) is 89.3 Å². The van der Waals surface area contributed by atoms with Crippen molar-refractivity contribution < 1.29 is 86.2 Å². The summed E-state index contributed by atoms with van der Waals surface area (Å²) in [4.78, 5) is 123. The summed E-state index contributed by atoms with van der Waals surface area (Å²) >= 11 is 9.93. The molecule has 1 aromatic rings.